The molecule has 0 aromatic heterocycles. The number of phenols is 2. The molecular formula is C21H24F2N4O4. The second-order valence-electron chi connectivity index (χ2n) is 7.40. The van der Waals surface area contributed by atoms with Gasteiger partial charge in [0.25, 0.3) is 0 Å². The molecule has 5 N–H and O–H groups in total. The van der Waals surface area contributed by atoms with Crippen molar-refractivity contribution in [1.82, 2.24) is 10.2 Å². The topological polar surface area (TPSA) is 114 Å². The van der Waals surface area contributed by atoms with E-state index in [0.717, 1.165) is 12.1 Å². The summed E-state index contributed by atoms with van der Waals surface area (Å²) in [5.74, 6) is -5.48. The fraction of sp³-hybridized carbons (Fsp3) is 0.333. The van der Waals surface area contributed by atoms with Crippen molar-refractivity contribution >= 4 is 22.9 Å². The molecule has 8 nitrogen and oxygen atoms in total. The number of benzene rings is 2. The van der Waals surface area contributed by atoms with Gasteiger partial charge in [-0.1, -0.05) is 0 Å². The molecule has 0 amide bonds. The number of rotatable bonds is 8. The Morgan fingerprint density at radius 1 is 0.806 bits per heavy atom. The van der Waals surface area contributed by atoms with E-state index in [0.29, 0.717) is 13.1 Å². The van der Waals surface area contributed by atoms with Gasteiger partial charge in [-0.3, -0.25) is 9.59 Å². The Labute approximate surface area is 177 Å². The third-order valence-electron chi connectivity index (χ3n) is 4.99. The van der Waals surface area contributed by atoms with E-state index in [4.69, 9.17) is 0 Å². The van der Waals surface area contributed by atoms with Crippen molar-refractivity contribution < 1.29 is 28.6 Å². The van der Waals surface area contributed by atoms with Crippen LogP contribution in [0.3, 0.4) is 0 Å². The third kappa shape index (κ3) is 3.91. The van der Waals surface area contributed by atoms with Gasteiger partial charge in [0.2, 0.25) is 11.6 Å². The number of hydrogen-bond acceptors (Lipinski definition) is 8. The Morgan fingerprint density at radius 3 is 1.68 bits per heavy atom. The van der Waals surface area contributed by atoms with Gasteiger partial charge in [0.15, 0.2) is 11.6 Å². The van der Waals surface area contributed by atoms with Crippen molar-refractivity contribution in [2.75, 3.05) is 58.0 Å². The van der Waals surface area contributed by atoms with Gasteiger partial charge in [-0.25, -0.2) is 8.78 Å². The van der Waals surface area contributed by atoms with Crippen LogP contribution in [0.2, 0.25) is 0 Å². The van der Waals surface area contributed by atoms with Crippen LogP contribution in [0.25, 0.3) is 0 Å². The zero-order chi connectivity index (χ0) is 22.9. The van der Waals surface area contributed by atoms with E-state index in [1.165, 1.54) is 0 Å². The Balaban J connectivity index is 2.26. The molecule has 10 heteroatoms. The fourth-order valence-corrected chi connectivity index (χ4v) is 3.48. The van der Waals surface area contributed by atoms with Crippen molar-refractivity contribution in [3.63, 3.8) is 0 Å². The smallest absolute Gasteiger partial charge is 0.200 e. The van der Waals surface area contributed by atoms with Crippen LogP contribution in [0.5, 0.6) is 11.5 Å². The monoisotopic (exact) mass is 434 g/mol. The van der Waals surface area contributed by atoms with E-state index >= 15 is 8.78 Å². The van der Waals surface area contributed by atoms with E-state index in [1.54, 1.807) is 26.0 Å². The summed E-state index contributed by atoms with van der Waals surface area (Å²) in [4.78, 5) is 28.4. The van der Waals surface area contributed by atoms with E-state index < -0.39 is 57.2 Å². The first-order valence-corrected chi connectivity index (χ1v) is 9.67. The number of anilines is 2. The first-order valence-electron chi connectivity index (χ1n) is 9.67. The average molecular weight is 434 g/mol. The molecule has 0 unspecified atom stereocenters. The Bertz CT molecular complexity index is 1060. The summed E-state index contributed by atoms with van der Waals surface area (Å²) in [6.45, 7) is 1.14. The molecule has 2 aromatic carbocycles. The van der Waals surface area contributed by atoms with Crippen LogP contribution < -0.4 is 16.0 Å². The van der Waals surface area contributed by atoms with Crippen molar-refractivity contribution in [1.29, 1.82) is 0 Å². The summed E-state index contributed by atoms with van der Waals surface area (Å²) in [5, 5.41) is 28.6. The lowest BCUT2D eigenvalue weighted by Gasteiger charge is -2.26. The minimum absolute atomic E-state index is 0.146. The van der Waals surface area contributed by atoms with Crippen LogP contribution in [-0.4, -0.2) is 74.0 Å². The number of hydrogen-bond donors (Lipinski definition) is 5. The summed E-state index contributed by atoms with van der Waals surface area (Å²) >= 11 is 0. The molecule has 0 radical (unpaired) electrons. The molecule has 1 aliphatic rings. The van der Waals surface area contributed by atoms with E-state index in [-0.39, 0.29) is 24.2 Å². The largest absolute Gasteiger partial charge is 0.507 e. The summed E-state index contributed by atoms with van der Waals surface area (Å²) in [5.41, 5.74) is -2.59. The number of phenolic OH excluding ortho intramolecular Hbond substituents is 2. The van der Waals surface area contributed by atoms with E-state index in [1.807, 2.05) is 0 Å². The molecule has 1 aliphatic carbocycles. The van der Waals surface area contributed by atoms with Crippen LogP contribution in [0.15, 0.2) is 12.1 Å². The molecule has 0 bridgehead atoms. The molecular weight excluding hydrogens is 410 g/mol. The zero-order valence-electron chi connectivity index (χ0n) is 17.4. The van der Waals surface area contributed by atoms with Crippen LogP contribution in [0.4, 0.5) is 20.2 Å². The highest BCUT2D eigenvalue weighted by Crippen LogP contribution is 2.44. The van der Waals surface area contributed by atoms with Crippen molar-refractivity contribution in [2.45, 2.75) is 0 Å². The number of likely N-dealkylation sites (N-methyl/N-ethyl adjacent to an activating group) is 2. The van der Waals surface area contributed by atoms with Gasteiger partial charge in [0, 0.05) is 26.2 Å². The number of nitrogens with one attached hydrogen (secondary N) is 3. The Kier molecular flexibility index (Phi) is 6.42. The maximum absolute atomic E-state index is 15.1. The first kappa shape index (κ1) is 22.4. The standard InChI is InChI=1S/C21H24F2N4O4/c1-24-6-7-25-18-14-15(19(17(23)16(18)22)26-8-9-27(2)3)21(31)13-11(29)5-4-10(28)12(13)20(14)30/h4-5,24-26,28-29H,6-9H2,1-3H3. The number of carbonyl (C=O) groups is 2. The molecule has 0 saturated heterocycles. The molecule has 31 heavy (non-hydrogen) atoms. The lowest BCUT2D eigenvalue weighted by Crippen LogP contribution is -2.29. The zero-order valence-corrected chi connectivity index (χ0v) is 17.4. The number of nitrogens with zero attached hydrogens (tertiary/aromatic N) is 1. The minimum Gasteiger partial charge on any atom is -0.507 e. The van der Waals surface area contributed by atoms with Crippen LogP contribution >= 0.6 is 0 Å². The van der Waals surface area contributed by atoms with Crippen LogP contribution in [0.1, 0.15) is 31.8 Å². The number of carbonyl (C=O) groups excluding carboxylic acids is 2. The molecule has 0 atom stereocenters. The summed E-state index contributed by atoms with van der Waals surface area (Å²) in [6.07, 6.45) is 0. The number of ketones is 2. The van der Waals surface area contributed by atoms with E-state index in [2.05, 4.69) is 16.0 Å². The second kappa shape index (κ2) is 8.86. The van der Waals surface area contributed by atoms with Gasteiger partial charge in [-0.05, 0) is 33.3 Å². The van der Waals surface area contributed by atoms with Gasteiger partial charge < -0.3 is 31.1 Å². The predicted molar refractivity (Wildman–Crippen MR) is 112 cm³/mol. The Morgan fingerprint density at radius 2 is 1.26 bits per heavy atom. The van der Waals surface area contributed by atoms with Gasteiger partial charge in [-0.2, -0.15) is 0 Å². The second-order valence-corrected chi connectivity index (χ2v) is 7.40. The highest BCUT2D eigenvalue weighted by atomic mass is 19.2. The minimum atomic E-state index is -1.31. The molecule has 0 heterocycles. The van der Waals surface area contributed by atoms with Crippen molar-refractivity contribution in [3.8, 4) is 11.5 Å². The first-order chi connectivity index (χ1) is 14.7. The van der Waals surface area contributed by atoms with Gasteiger partial charge in [-0.15, -0.1) is 0 Å². The highest BCUT2D eigenvalue weighted by molar-refractivity contribution is 6.33. The predicted octanol–water partition coefficient (Wildman–Crippen LogP) is 1.76. The SMILES string of the molecule is CNCCNc1c(F)c(F)c(NCCN(C)C)c2c1C(=O)c1c(O)ccc(O)c1C2=O. The van der Waals surface area contributed by atoms with Crippen LogP contribution in [0, 0.1) is 11.6 Å². The quantitative estimate of drug-likeness (QED) is 0.269. The summed E-state index contributed by atoms with van der Waals surface area (Å²) < 4.78 is 30.1. The van der Waals surface area contributed by atoms with Crippen LogP contribution in [-0.2, 0) is 0 Å². The van der Waals surface area contributed by atoms with Gasteiger partial charge in [0.1, 0.15) is 11.5 Å². The maximum atomic E-state index is 15.1. The number of fused-ring (bicyclic) bond motifs is 2. The Hall–Kier alpha value is -3.24. The lowest BCUT2D eigenvalue weighted by atomic mass is 9.81. The van der Waals surface area contributed by atoms with Crippen molar-refractivity contribution in [3.05, 3.63) is 46.0 Å². The maximum Gasteiger partial charge on any atom is 0.200 e. The fourth-order valence-electron chi connectivity index (χ4n) is 3.48. The van der Waals surface area contributed by atoms with Gasteiger partial charge >= 0.3 is 0 Å². The van der Waals surface area contributed by atoms with E-state index in [9.17, 15) is 19.8 Å². The lowest BCUT2D eigenvalue weighted by molar-refractivity contribution is 0.0974. The molecule has 0 saturated carbocycles. The highest BCUT2D eigenvalue weighted by Gasteiger charge is 2.41. The molecule has 166 valence electrons. The molecule has 0 aliphatic heterocycles. The third-order valence-corrected chi connectivity index (χ3v) is 4.99. The summed E-state index contributed by atoms with van der Waals surface area (Å²) in [6, 6.07) is 2.13. The molecule has 0 fully saturated rings. The molecule has 2 aromatic rings. The number of halogens is 2. The average Bonchev–Trinajstić information content (AvgIpc) is 2.72. The molecule has 3 rings (SSSR count). The number of aromatic hydroxyl groups is 2. The molecule has 0 spiro atoms. The normalized spacial score (nSPS) is 12.7. The van der Waals surface area contributed by atoms with Gasteiger partial charge in [0.05, 0.1) is 33.6 Å². The van der Waals surface area contributed by atoms with Crippen molar-refractivity contribution in [2.24, 2.45) is 0 Å². The summed E-state index contributed by atoms with van der Waals surface area (Å²) in [7, 11) is 5.24.